The van der Waals surface area contributed by atoms with Crippen molar-refractivity contribution in [1.82, 2.24) is 35.3 Å². The summed E-state index contributed by atoms with van der Waals surface area (Å²) in [7, 11) is 1.77. The number of amides is 2. The van der Waals surface area contributed by atoms with Crippen LogP contribution in [0.15, 0.2) is 46.9 Å². The van der Waals surface area contributed by atoms with E-state index in [1.807, 2.05) is 30.3 Å². The Morgan fingerprint density at radius 1 is 1.15 bits per heavy atom. The summed E-state index contributed by atoms with van der Waals surface area (Å²) in [5.74, 6) is 3.97. The molecule has 11 heteroatoms. The van der Waals surface area contributed by atoms with E-state index >= 15 is 0 Å². The van der Waals surface area contributed by atoms with Crippen molar-refractivity contribution in [3.8, 4) is 23.7 Å². The first-order chi connectivity index (χ1) is 19.9. The van der Waals surface area contributed by atoms with E-state index < -0.39 is 0 Å². The number of piperidine rings is 2. The number of hydrogen-bond donors (Lipinski definition) is 2. The molecule has 1 aromatic heterocycles. The zero-order valence-corrected chi connectivity index (χ0v) is 24.9. The maximum absolute atomic E-state index is 13.4. The Labute approximate surface area is 249 Å². The highest BCUT2D eigenvalue weighted by atomic mass is 79.9. The SMILES string of the molecule is C#CCN1CC[C@@H](NC(=O)Nc2cc(Br)cc(-c3nnnn3C)c2)[C@H](CN2CCC[C@@H](Cc3ccc(F)cc3)C2)C1. The fourth-order valence-corrected chi connectivity index (χ4v) is 6.62. The second-order valence-corrected chi connectivity index (χ2v) is 12.1. The van der Waals surface area contributed by atoms with E-state index in [9.17, 15) is 9.18 Å². The largest absolute Gasteiger partial charge is 0.335 e. The van der Waals surface area contributed by atoms with Gasteiger partial charge >= 0.3 is 6.03 Å². The molecule has 2 fully saturated rings. The van der Waals surface area contributed by atoms with Crippen LogP contribution in [0.3, 0.4) is 0 Å². The Morgan fingerprint density at radius 3 is 2.73 bits per heavy atom. The van der Waals surface area contributed by atoms with Gasteiger partial charge in [0.1, 0.15) is 5.82 Å². The number of urea groups is 1. The van der Waals surface area contributed by atoms with Gasteiger partial charge in [-0.2, -0.15) is 0 Å². The molecular weight excluding hydrogens is 587 g/mol. The van der Waals surface area contributed by atoms with E-state index in [0.29, 0.717) is 24.0 Å². The predicted molar refractivity (Wildman–Crippen MR) is 161 cm³/mol. The number of carbonyl (C=O) groups excluding carboxylic acids is 1. The Kier molecular flexibility index (Phi) is 9.64. The molecule has 0 spiro atoms. The van der Waals surface area contributed by atoms with E-state index in [-0.39, 0.29) is 23.8 Å². The summed E-state index contributed by atoms with van der Waals surface area (Å²) >= 11 is 3.53. The minimum Gasteiger partial charge on any atom is -0.335 e. The molecule has 2 aliphatic heterocycles. The van der Waals surface area contributed by atoms with Gasteiger partial charge in [-0.05, 0) is 84.5 Å². The average Bonchev–Trinajstić information content (AvgIpc) is 3.37. The van der Waals surface area contributed by atoms with Crippen molar-refractivity contribution in [3.63, 3.8) is 0 Å². The van der Waals surface area contributed by atoms with Gasteiger partial charge in [0.25, 0.3) is 0 Å². The molecule has 9 nitrogen and oxygen atoms in total. The van der Waals surface area contributed by atoms with Crippen molar-refractivity contribution < 1.29 is 9.18 Å². The number of nitrogens with zero attached hydrogens (tertiary/aromatic N) is 6. The van der Waals surface area contributed by atoms with E-state index in [4.69, 9.17) is 6.42 Å². The van der Waals surface area contributed by atoms with E-state index in [2.05, 4.69) is 57.8 Å². The standard InChI is InChI=1S/C30H36BrFN8O/c1-3-11-39-13-10-28(34-30(41)33-27-16-23(15-25(31)17-27)29-35-36-37-38(29)2)24(19-39)20-40-12-4-5-22(18-40)14-21-6-8-26(32)9-7-21/h1,6-9,15-17,22,24,28H,4-5,10-14,18-20H2,2H3,(H2,33,34,41)/t22-,24-,28+/m0/s1. The van der Waals surface area contributed by atoms with E-state index in [1.165, 1.54) is 12.0 Å². The van der Waals surface area contributed by atoms with Crippen LogP contribution in [0.5, 0.6) is 0 Å². The Hall–Kier alpha value is -3.33. The third-order valence-electron chi connectivity index (χ3n) is 8.02. The summed E-state index contributed by atoms with van der Waals surface area (Å²) in [6.07, 6.45) is 9.73. The second kappa shape index (κ2) is 13.6. The zero-order valence-electron chi connectivity index (χ0n) is 23.3. The number of halogens is 2. The minimum absolute atomic E-state index is 0.0241. The van der Waals surface area contributed by atoms with Gasteiger partial charge < -0.3 is 15.5 Å². The van der Waals surface area contributed by atoms with Gasteiger partial charge in [-0.25, -0.2) is 13.9 Å². The number of terminal acetylenes is 1. The normalized spacial score (nSPS) is 21.8. The highest BCUT2D eigenvalue weighted by molar-refractivity contribution is 9.10. The van der Waals surface area contributed by atoms with Gasteiger partial charge in [0, 0.05) is 60.9 Å². The molecule has 216 valence electrons. The number of anilines is 1. The van der Waals surface area contributed by atoms with Crippen molar-refractivity contribution in [2.45, 2.75) is 31.7 Å². The molecule has 0 aliphatic carbocycles. The molecule has 2 aliphatic rings. The number of carbonyl (C=O) groups is 1. The molecule has 0 saturated carbocycles. The molecule has 0 bridgehead atoms. The van der Waals surface area contributed by atoms with Crippen LogP contribution in [-0.2, 0) is 13.5 Å². The number of likely N-dealkylation sites (tertiary alicyclic amines) is 2. The van der Waals surface area contributed by atoms with Gasteiger partial charge in [-0.15, -0.1) is 11.5 Å². The number of aromatic nitrogens is 4. The lowest BCUT2D eigenvalue weighted by Crippen LogP contribution is -2.55. The van der Waals surface area contributed by atoms with Crippen LogP contribution < -0.4 is 10.6 Å². The Balaban J connectivity index is 1.22. The Morgan fingerprint density at radius 2 is 1.98 bits per heavy atom. The lowest BCUT2D eigenvalue weighted by molar-refractivity contribution is 0.0910. The summed E-state index contributed by atoms with van der Waals surface area (Å²) in [4.78, 5) is 18.0. The molecule has 0 unspecified atom stereocenters. The van der Waals surface area contributed by atoms with Crippen LogP contribution in [0.4, 0.5) is 14.9 Å². The molecule has 3 atom stereocenters. The summed E-state index contributed by atoms with van der Waals surface area (Å²) < 4.78 is 15.8. The first-order valence-corrected chi connectivity index (χ1v) is 14.9. The third-order valence-corrected chi connectivity index (χ3v) is 8.47. The number of nitrogens with one attached hydrogen (secondary N) is 2. The Bertz CT molecular complexity index is 1370. The smallest absolute Gasteiger partial charge is 0.319 e. The second-order valence-electron chi connectivity index (χ2n) is 11.1. The minimum atomic E-state index is -0.238. The van der Waals surface area contributed by atoms with Gasteiger partial charge in [0.2, 0.25) is 0 Å². The maximum atomic E-state index is 13.4. The number of benzene rings is 2. The quantitative estimate of drug-likeness (QED) is 0.366. The van der Waals surface area contributed by atoms with Crippen molar-refractivity contribution >= 4 is 27.6 Å². The van der Waals surface area contributed by atoms with Crippen LogP contribution in [0.2, 0.25) is 0 Å². The zero-order chi connectivity index (χ0) is 28.8. The predicted octanol–water partition coefficient (Wildman–Crippen LogP) is 4.18. The number of aryl methyl sites for hydroxylation is 1. The molecule has 2 N–H and O–H groups in total. The molecule has 5 rings (SSSR count). The lowest BCUT2D eigenvalue weighted by atomic mass is 9.88. The fraction of sp³-hybridized carbons (Fsp3) is 0.467. The van der Waals surface area contributed by atoms with Gasteiger partial charge in [-0.1, -0.05) is 34.0 Å². The maximum Gasteiger partial charge on any atom is 0.319 e. The third kappa shape index (κ3) is 7.91. The van der Waals surface area contributed by atoms with Gasteiger partial charge in [0.15, 0.2) is 5.82 Å². The van der Waals surface area contributed by atoms with Crippen molar-refractivity contribution in [3.05, 3.63) is 58.3 Å². The molecule has 41 heavy (non-hydrogen) atoms. The molecule has 2 aromatic carbocycles. The first kappa shape index (κ1) is 29.2. The molecule has 3 aromatic rings. The summed E-state index contributed by atoms with van der Waals surface area (Å²) in [5.41, 5.74) is 2.62. The van der Waals surface area contributed by atoms with E-state index in [0.717, 1.165) is 62.0 Å². The molecule has 2 amide bonds. The van der Waals surface area contributed by atoms with Crippen LogP contribution in [0, 0.1) is 30.0 Å². The van der Waals surface area contributed by atoms with Crippen molar-refractivity contribution in [2.75, 3.05) is 44.6 Å². The van der Waals surface area contributed by atoms with Crippen LogP contribution in [0.25, 0.3) is 11.4 Å². The topological polar surface area (TPSA) is 91.2 Å². The van der Waals surface area contributed by atoms with Crippen LogP contribution in [0.1, 0.15) is 24.8 Å². The van der Waals surface area contributed by atoms with Crippen LogP contribution in [-0.4, -0.2) is 81.3 Å². The molecular formula is C30H36BrFN8O. The van der Waals surface area contributed by atoms with Crippen LogP contribution >= 0.6 is 15.9 Å². The molecule has 3 heterocycles. The summed E-state index contributed by atoms with van der Waals surface area (Å²) in [6.45, 7) is 5.24. The number of hydrogen-bond acceptors (Lipinski definition) is 6. The number of rotatable bonds is 8. The summed E-state index contributed by atoms with van der Waals surface area (Å²) in [5, 5.41) is 18.0. The van der Waals surface area contributed by atoms with Crippen molar-refractivity contribution in [2.24, 2.45) is 18.9 Å². The highest BCUT2D eigenvalue weighted by Gasteiger charge is 2.33. The highest BCUT2D eigenvalue weighted by Crippen LogP contribution is 2.27. The number of tetrazole rings is 1. The van der Waals surface area contributed by atoms with Gasteiger partial charge in [-0.3, -0.25) is 4.90 Å². The fourth-order valence-electron chi connectivity index (χ4n) is 6.12. The van der Waals surface area contributed by atoms with Crippen molar-refractivity contribution in [1.29, 1.82) is 0 Å². The molecule has 2 saturated heterocycles. The lowest BCUT2D eigenvalue weighted by Gasteiger charge is -2.42. The van der Waals surface area contributed by atoms with E-state index in [1.54, 1.807) is 23.9 Å². The first-order valence-electron chi connectivity index (χ1n) is 14.1. The summed E-state index contributed by atoms with van der Waals surface area (Å²) in [6, 6.07) is 12.3. The van der Waals surface area contributed by atoms with Gasteiger partial charge in [0.05, 0.1) is 6.54 Å². The average molecular weight is 624 g/mol. The molecule has 0 radical (unpaired) electrons. The monoisotopic (exact) mass is 622 g/mol.